The van der Waals surface area contributed by atoms with Gasteiger partial charge in [0.05, 0.1) is 11.5 Å². The summed E-state index contributed by atoms with van der Waals surface area (Å²) in [4.78, 5) is 24.3. The van der Waals surface area contributed by atoms with Crippen LogP contribution in [0.3, 0.4) is 0 Å². The van der Waals surface area contributed by atoms with Crippen LogP contribution >= 0.6 is 22.6 Å². The van der Waals surface area contributed by atoms with E-state index in [9.17, 15) is 9.59 Å². The van der Waals surface area contributed by atoms with E-state index in [0.717, 1.165) is 9.14 Å². The van der Waals surface area contributed by atoms with E-state index >= 15 is 0 Å². The molecule has 0 saturated carbocycles. The second kappa shape index (κ2) is 8.31. The van der Waals surface area contributed by atoms with Crippen LogP contribution in [0.25, 0.3) is 0 Å². The molecule has 0 spiro atoms. The van der Waals surface area contributed by atoms with Gasteiger partial charge in [-0.3, -0.25) is 4.79 Å². The average Bonchev–Trinajstić information content (AvgIpc) is 2.64. The first-order valence-electron chi connectivity index (χ1n) is 8.16. The molecule has 0 radical (unpaired) electrons. The Bertz CT molecular complexity index is 864. The summed E-state index contributed by atoms with van der Waals surface area (Å²) in [7, 11) is 0. The Morgan fingerprint density at radius 1 is 0.962 bits per heavy atom. The molecular weight excluding hydrogens is 443 g/mol. The van der Waals surface area contributed by atoms with E-state index < -0.39 is 5.97 Å². The zero-order valence-corrected chi connectivity index (χ0v) is 16.3. The molecule has 1 unspecified atom stereocenters. The minimum Gasteiger partial charge on any atom is -0.426 e. The van der Waals surface area contributed by atoms with Crippen molar-refractivity contribution >= 4 is 34.5 Å². The van der Waals surface area contributed by atoms with Crippen molar-refractivity contribution in [2.75, 3.05) is 0 Å². The molecule has 4 nitrogen and oxygen atoms in total. The van der Waals surface area contributed by atoms with Gasteiger partial charge in [-0.15, -0.1) is 0 Å². The molecule has 1 atom stereocenters. The van der Waals surface area contributed by atoms with Gasteiger partial charge in [0.15, 0.2) is 0 Å². The highest BCUT2D eigenvalue weighted by atomic mass is 127. The normalized spacial score (nSPS) is 15.9. The van der Waals surface area contributed by atoms with Crippen LogP contribution in [-0.4, -0.2) is 11.9 Å². The largest absolute Gasteiger partial charge is 0.426 e. The SMILES string of the molecule is Cc1ccc(C(=O)Oc2ccc(OC(=O)C3C=CC(I)=CC3)cc2)cc1. The number of allylic oxidation sites excluding steroid dienone is 3. The quantitative estimate of drug-likeness (QED) is 0.366. The van der Waals surface area contributed by atoms with Gasteiger partial charge in [-0.25, -0.2) is 4.79 Å². The number of ether oxygens (including phenoxy) is 2. The minimum absolute atomic E-state index is 0.271. The Balaban J connectivity index is 1.58. The van der Waals surface area contributed by atoms with Gasteiger partial charge < -0.3 is 9.47 Å². The Morgan fingerprint density at radius 2 is 1.58 bits per heavy atom. The second-order valence-corrected chi connectivity index (χ2v) is 7.18. The fraction of sp³-hybridized carbons (Fsp3) is 0.143. The Kier molecular flexibility index (Phi) is 5.88. The average molecular weight is 460 g/mol. The number of hydrogen-bond acceptors (Lipinski definition) is 4. The number of esters is 2. The molecular formula is C21H17IO4. The first-order valence-corrected chi connectivity index (χ1v) is 9.23. The molecule has 3 rings (SSSR count). The number of halogens is 1. The molecule has 2 aromatic carbocycles. The molecule has 1 aliphatic rings. The molecule has 0 saturated heterocycles. The molecule has 1 aliphatic carbocycles. The van der Waals surface area contributed by atoms with E-state index in [-0.39, 0.29) is 11.9 Å². The number of carbonyl (C=O) groups is 2. The van der Waals surface area contributed by atoms with Gasteiger partial charge in [0, 0.05) is 3.58 Å². The smallest absolute Gasteiger partial charge is 0.343 e. The Morgan fingerprint density at radius 3 is 2.15 bits per heavy atom. The van der Waals surface area contributed by atoms with E-state index in [1.807, 2.05) is 37.3 Å². The summed E-state index contributed by atoms with van der Waals surface area (Å²) in [6.07, 6.45) is 6.39. The first-order chi connectivity index (χ1) is 12.5. The van der Waals surface area contributed by atoms with Crippen molar-refractivity contribution in [3.8, 4) is 11.5 Å². The van der Waals surface area contributed by atoms with Crippen LogP contribution < -0.4 is 9.47 Å². The van der Waals surface area contributed by atoms with E-state index in [2.05, 4.69) is 22.6 Å². The maximum absolute atomic E-state index is 12.2. The van der Waals surface area contributed by atoms with Crippen LogP contribution in [0.2, 0.25) is 0 Å². The molecule has 132 valence electrons. The number of aryl methyl sites for hydroxylation is 1. The van der Waals surface area contributed by atoms with Gasteiger partial charge in [-0.05, 0) is 72.3 Å². The van der Waals surface area contributed by atoms with Gasteiger partial charge in [-0.1, -0.05) is 35.9 Å². The van der Waals surface area contributed by atoms with Gasteiger partial charge in [0.25, 0.3) is 0 Å². The van der Waals surface area contributed by atoms with Crippen LogP contribution in [0.1, 0.15) is 22.3 Å². The fourth-order valence-corrected chi connectivity index (χ4v) is 2.85. The number of benzene rings is 2. The van der Waals surface area contributed by atoms with Crippen molar-refractivity contribution in [2.45, 2.75) is 13.3 Å². The molecule has 26 heavy (non-hydrogen) atoms. The third-order valence-corrected chi connectivity index (χ3v) is 4.70. The monoisotopic (exact) mass is 460 g/mol. The van der Waals surface area contributed by atoms with Crippen LogP contribution in [-0.2, 0) is 4.79 Å². The van der Waals surface area contributed by atoms with Gasteiger partial charge in [0.2, 0.25) is 0 Å². The van der Waals surface area contributed by atoms with Crippen LogP contribution in [0.4, 0.5) is 0 Å². The molecule has 2 aromatic rings. The zero-order chi connectivity index (χ0) is 18.5. The van der Waals surface area contributed by atoms with Crippen molar-refractivity contribution in [3.63, 3.8) is 0 Å². The summed E-state index contributed by atoms with van der Waals surface area (Å²) >= 11 is 2.21. The molecule has 0 amide bonds. The van der Waals surface area contributed by atoms with Crippen molar-refractivity contribution in [3.05, 3.63) is 81.5 Å². The van der Waals surface area contributed by atoms with Crippen LogP contribution in [0, 0.1) is 12.8 Å². The molecule has 5 heteroatoms. The zero-order valence-electron chi connectivity index (χ0n) is 14.1. The third kappa shape index (κ3) is 4.82. The molecule has 0 aliphatic heterocycles. The lowest BCUT2D eigenvalue weighted by Crippen LogP contribution is -2.19. The maximum atomic E-state index is 12.2. The van der Waals surface area contributed by atoms with Gasteiger partial charge in [0.1, 0.15) is 11.5 Å². The fourth-order valence-electron chi connectivity index (χ4n) is 2.39. The summed E-state index contributed by atoms with van der Waals surface area (Å²) in [6, 6.07) is 13.6. The number of hydrogen-bond donors (Lipinski definition) is 0. The third-order valence-electron chi connectivity index (χ3n) is 3.90. The molecule has 0 heterocycles. The van der Waals surface area contributed by atoms with Crippen molar-refractivity contribution in [2.24, 2.45) is 5.92 Å². The van der Waals surface area contributed by atoms with Crippen molar-refractivity contribution in [1.29, 1.82) is 0 Å². The predicted molar refractivity (Wildman–Crippen MR) is 108 cm³/mol. The van der Waals surface area contributed by atoms with E-state index in [1.165, 1.54) is 0 Å². The van der Waals surface area contributed by atoms with E-state index in [0.29, 0.717) is 23.5 Å². The second-order valence-electron chi connectivity index (χ2n) is 5.94. The predicted octanol–water partition coefficient (Wildman–Crippen LogP) is 5.01. The van der Waals surface area contributed by atoms with Gasteiger partial charge >= 0.3 is 11.9 Å². The standard InChI is InChI=1S/C21H17IO4/c1-14-2-4-15(5-3-14)20(23)25-18-10-12-19(13-11-18)26-21(24)16-6-8-17(22)9-7-16/h2-6,8-13,16H,7H2,1H3. The Hall–Kier alpha value is -2.41. The first kappa shape index (κ1) is 18.4. The lowest BCUT2D eigenvalue weighted by atomic mass is 10.0. The topological polar surface area (TPSA) is 52.6 Å². The number of carbonyl (C=O) groups excluding carboxylic acids is 2. The number of rotatable bonds is 4. The molecule has 0 aromatic heterocycles. The summed E-state index contributed by atoms with van der Waals surface area (Å²) in [6.45, 7) is 1.95. The van der Waals surface area contributed by atoms with E-state index in [1.54, 1.807) is 36.4 Å². The van der Waals surface area contributed by atoms with Crippen LogP contribution in [0.15, 0.2) is 70.3 Å². The lowest BCUT2D eigenvalue weighted by molar-refractivity contribution is -0.137. The summed E-state index contributed by atoms with van der Waals surface area (Å²) in [5.41, 5.74) is 1.56. The van der Waals surface area contributed by atoms with Gasteiger partial charge in [-0.2, -0.15) is 0 Å². The Labute approximate surface area is 165 Å². The minimum atomic E-state index is -0.427. The summed E-state index contributed by atoms with van der Waals surface area (Å²) < 4.78 is 11.8. The highest BCUT2D eigenvalue weighted by molar-refractivity contribution is 14.1. The maximum Gasteiger partial charge on any atom is 0.343 e. The molecule has 0 fully saturated rings. The van der Waals surface area contributed by atoms with E-state index in [4.69, 9.17) is 9.47 Å². The van der Waals surface area contributed by atoms with Crippen molar-refractivity contribution in [1.82, 2.24) is 0 Å². The van der Waals surface area contributed by atoms with Crippen LogP contribution in [0.5, 0.6) is 11.5 Å². The van der Waals surface area contributed by atoms with Crippen molar-refractivity contribution < 1.29 is 19.1 Å². The highest BCUT2D eigenvalue weighted by Crippen LogP contribution is 2.24. The highest BCUT2D eigenvalue weighted by Gasteiger charge is 2.19. The summed E-state index contributed by atoms with van der Waals surface area (Å²) in [5, 5.41) is 0. The molecule has 0 N–H and O–H groups in total. The lowest BCUT2D eigenvalue weighted by Gasteiger charge is -2.13. The molecule has 0 bridgehead atoms. The summed E-state index contributed by atoms with van der Waals surface area (Å²) in [5.74, 6) is -0.185.